The number of nitrogens with one attached hydrogen (secondary N) is 1. The summed E-state index contributed by atoms with van der Waals surface area (Å²) in [4.78, 5) is 26.1. The summed E-state index contributed by atoms with van der Waals surface area (Å²) in [7, 11) is 0. The van der Waals surface area contributed by atoms with E-state index in [1.807, 2.05) is 60.8 Å². The highest BCUT2D eigenvalue weighted by Gasteiger charge is 2.24. The first kappa shape index (κ1) is 61.3. The predicted octanol–water partition coefficient (Wildman–Crippen LogP) is 16.1. The molecule has 368 valence electrons. The predicted molar refractivity (Wildman–Crippen MR) is 282 cm³/mol. The Morgan fingerprint density at radius 1 is 0.477 bits per heavy atom. The lowest BCUT2D eigenvalue weighted by molar-refractivity contribution is -0.151. The van der Waals surface area contributed by atoms with Gasteiger partial charge in [-0.2, -0.15) is 0 Å². The summed E-state index contributed by atoms with van der Waals surface area (Å²) in [6.07, 6.45) is 71.2. The van der Waals surface area contributed by atoms with Crippen LogP contribution in [0.2, 0.25) is 0 Å². The van der Waals surface area contributed by atoms with E-state index in [0.29, 0.717) is 19.3 Å². The maximum atomic E-state index is 13.2. The van der Waals surface area contributed by atoms with Gasteiger partial charge in [0.2, 0.25) is 5.91 Å². The number of carbonyl (C=O) groups is 2. The molecule has 65 heavy (non-hydrogen) atoms. The van der Waals surface area contributed by atoms with Gasteiger partial charge in [0.25, 0.3) is 0 Å². The highest BCUT2D eigenvalue weighted by atomic mass is 16.5. The topological polar surface area (TPSA) is 95.9 Å². The molecule has 0 aromatic carbocycles. The van der Waals surface area contributed by atoms with Gasteiger partial charge in [-0.3, -0.25) is 9.59 Å². The third kappa shape index (κ3) is 46.6. The quantitative estimate of drug-likeness (QED) is 0.0245. The van der Waals surface area contributed by atoms with E-state index in [-0.39, 0.29) is 31.3 Å². The van der Waals surface area contributed by atoms with Crippen molar-refractivity contribution in [1.29, 1.82) is 0 Å². The number of ether oxygens (including phenoxy) is 1. The molecule has 3 N–H and O–H groups in total. The molecule has 3 unspecified atom stereocenters. The van der Waals surface area contributed by atoms with Crippen LogP contribution in [0.4, 0.5) is 0 Å². The number of aliphatic hydroxyl groups excluding tert-OH is 2. The van der Waals surface area contributed by atoms with E-state index in [0.717, 1.165) is 64.2 Å². The average Bonchev–Trinajstić information content (AvgIpc) is 3.30. The van der Waals surface area contributed by atoms with Crippen LogP contribution in [-0.4, -0.2) is 46.9 Å². The zero-order valence-electron chi connectivity index (χ0n) is 41.8. The minimum atomic E-state index is -0.825. The Hall–Kier alpha value is -3.74. The number of unbranched alkanes of at least 4 members (excludes halogenated alkanes) is 18. The summed E-state index contributed by atoms with van der Waals surface area (Å²) >= 11 is 0. The van der Waals surface area contributed by atoms with E-state index in [2.05, 4.69) is 86.8 Å². The molecule has 0 spiro atoms. The van der Waals surface area contributed by atoms with E-state index in [1.54, 1.807) is 0 Å². The molecule has 0 saturated heterocycles. The van der Waals surface area contributed by atoms with Crippen LogP contribution in [0.15, 0.2) is 122 Å². The van der Waals surface area contributed by atoms with Gasteiger partial charge < -0.3 is 20.3 Å². The number of aliphatic hydroxyl groups is 2. The normalized spacial score (nSPS) is 14.2. The molecule has 6 heteroatoms. The Bertz CT molecular complexity index is 1380. The number of hydrogen-bond donors (Lipinski definition) is 3. The Kier molecular flexibility index (Phi) is 48.3. The number of carbonyl (C=O) groups excluding carboxylic acids is 2. The molecule has 0 aliphatic rings. The molecule has 0 fully saturated rings. The van der Waals surface area contributed by atoms with Gasteiger partial charge in [-0.1, -0.05) is 245 Å². The van der Waals surface area contributed by atoms with Gasteiger partial charge in [0, 0.05) is 6.42 Å². The summed E-state index contributed by atoms with van der Waals surface area (Å²) in [6.45, 7) is 6.27. The van der Waals surface area contributed by atoms with Crippen LogP contribution in [-0.2, 0) is 14.3 Å². The molecule has 0 aliphatic carbocycles. The second-order valence-electron chi connectivity index (χ2n) is 17.3. The van der Waals surface area contributed by atoms with Crippen LogP contribution in [0.1, 0.15) is 213 Å². The summed E-state index contributed by atoms with van der Waals surface area (Å²) in [5, 5.41) is 23.8. The Balaban J connectivity index is 4.82. The molecule has 0 bridgehead atoms. The second-order valence-corrected chi connectivity index (χ2v) is 17.3. The lowest BCUT2D eigenvalue weighted by Gasteiger charge is -2.24. The first-order chi connectivity index (χ1) is 32.0. The zero-order chi connectivity index (χ0) is 47.4. The summed E-state index contributed by atoms with van der Waals surface area (Å²) in [6, 6.07) is -0.745. The number of esters is 1. The molecule has 3 atom stereocenters. The van der Waals surface area contributed by atoms with Crippen molar-refractivity contribution >= 4 is 11.9 Å². The van der Waals surface area contributed by atoms with Gasteiger partial charge in [0.05, 0.1) is 25.2 Å². The zero-order valence-corrected chi connectivity index (χ0v) is 41.8. The summed E-state index contributed by atoms with van der Waals surface area (Å²) in [5.74, 6) is -0.627. The van der Waals surface area contributed by atoms with Crippen LogP contribution in [0.5, 0.6) is 0 Å². The smallest absolute Gasteiger partial charge is 0.306 e. The van der Waals surface area contributed by atoms with Crippen molar-refractivity contribution in [1.82, 2.24) is 5.32 Å². The molecule has 0 aromatic rings. The van der Waals surface area contributed by atoms with Crippen molar-refractivity contribution in [2.24, 2.45) is 0 Å². The van der Waals surface area contributed by atoms with Crippen LogP contribution in [0.3, 0.4) is 0 Å². The van der Waals surface area contributed by atoms with Crippen molar-refractivity contribution < 1.29 is 24.5 Å². The number of hydrogen-bond acceptors (Lipinski definition) is 5. The van der Waals surface area contributed by atoms with Crippen LogP contribution in [0.25, 0.3) is 0 Å². The third-order valence-electron chi connectivity index (χ3n) is 11.2. The van der Waals surface area contributed by atoms with E-state index in [4.69, 9.17) is 4.74 Å². The van der Waals surface area contributed by atoms with Gasteiger partial charge in [0.1, 0.15) is 6.10 Å². The standard InChI is InChI=1S/C59H97NO5/c1-4-7-10-13-16-19-22-25-28-29-31-34-37-40-43-46-49-52-59(64)65-55(50-47-44-41-38-35-32-30-26-23-20-17-14-11-8-5-2)53-58(63)60-56(54-61)57(62)51-48-45-42-39-36-33-27-24-21-18-15-12-9-6-3/h8,11,14,16-17,19-20,23,25-26,28,30-32,34-35,38,40-41,43,55-57,61-62H,4-7,9-10,12-13,15,18,21-22,24,27,29,33,36-37,39,42,44-54H2,1-3H3,(H,60,63)/b11-8-,17-14+,19-16-,23-20+,28-25-,30-26-,34-31-,35-32+,41-38+,43-40-. The van der Waals surface area contributed by atoms with E-state index in [1.165, 1.54) is 96.3 Å². The second kappa shape index (κ2) is 51.2. The largest absolute Gasteiger partial charge is 0.462 e. The van der Waals surface area contributed by atoms with Crippen LogP contribution < -0.4 is 5.32 Å². The number of rotatable bonds is 45. The lowest BCUT2D eigenvalue weighted by atomic mass is 10.0. The fourth-order valence-corrected chi connectivity index (χ4v) is 7.22. The molecule has 0 radical (unpaired) electrons. The summed E-state index contributed by atoms with van der Waals surface area (Å²) < 4.78 is 5.87. The Morgan fingerprint density at radius 2 is 0.908 bits per heavy atom. The molecule has 0 rings (SSSR count). The molecule has 0 saturated carbocycles. The number of amides is 1. The van der Waals surface area contributed by atoms with Crippen molar-refractivity contribution in [3.05, 3.63) is 122 Å². The minimum Gasteiger partial charge on any atom is -0.462 e. The fraction of sp³-hybridized carbons (Fsp3) is 0.627. The lowest BCUT2D eigenvalue weighted by Crippen LogP contribution is -2.46. The molecular weight excluding hydrogens is 803 g/mol. The number of allylic oxidation sites excluding steroid dienone is 20. The summed E-state index contributed by atoms with van der Waals surface area (Å²) in [5.41, 5.74) is 0. The van der Waals surface area contributed by atoms with Crippen molar-refractivity contribution in [2.45, 2.75) is 232 Å². The fourth-order valence-electron chi connectivity index (χ4n) is 7.22. The van der Waals surface area contributed by atoms with Crippen LogP contribution in [0, 0.1) is 0 Å². The van der Waals surface area contributed by atoms with E-state index >= 15 is 0 Å². The third-order valence-corrected chi connectivity index (χ3v) is 11.2. The molecule has 0 aliphatic heterocycles. The Labute approximate surface area is 400 Å². The van der Waals surface area contributed by atoms with Gasteiger partial charge in [-0.05, 0) is 77.0 Å². The van der Waals surface area contributed by atoms with Gasteiger partial charge in [-0.15, -0.1) is 0 Å². The SMILES string of the molecule is CC\C=C/C=C/C=C/C=C\C=C\C=C\CCCC(CC(=O)NC(CO)C(O)CCCCCCCCCCCCCCCC)OC(=O)CCC/C=C\C/C=C\C/C=C\C/C=C\CCCCC. The van der Waals surface area contributed by atoms with Crippen molar-refractivity contribution in [3.8, 4) is 0 Å². The van der Waals surface area contributed by atoms with Gasteiger partial charge in [0.15, 0.2) is 0 Å². The van der Waals surface area contributed by atoms with Gasteiger partial charge >= 0.3 is 5.97 Å². The van der Waals surface area contributed by atoms with E-state index in [9.17, 15) is 19.8 Å². The molecular formula is C59H97NO5. The van der Waals surface area contributed by atoms with Crippen LogP contribution >= 0.6 is 0 Å². The maximum absolute atomic E-state index is 13.2. The van der Waals surface area contributed by atoms with Crippen molar-refractivity contribution in [2.75, 3.05) is 6.61 Å². The highest BCUT2D eigenvalue weighted by molar-refractivity contribution is 5.77. The molecule has 0 heterocycles. The minimum absolute atomic E-state index is 0.00298. The molecule has 0 aromatic heterocycles. The van der Waals surface area contributed by atoms with E-state index < -0.39 is 18.2 Å². The molecule has 1 amide bonds. The molecule has 6 nitrogen and oxygen atoms in total. The van der Waals surface area contributed by atoms with Crippen molar-refractivity contribution in [3.63, 3.8) is 0 Å². The highest BCUT2D eigenvalue weighted by Crippen LogP contribution is 2.16. The first-order valence-corrected chi connectivity index (χ1v) is 26.3. The Morgan fingerprint density at radius 3 is 1.42 bits per heavy atom. The average molecular weight is 900 g/mol. The first-order valence-electron chi connectivity index (χ1n) is 26.3. The maximum Gasteiger partial charge on any atom is 0.306 e. The monoisotopic (exact) mass is 900 g/mol. The van der Waals surface area contributed by atoms with Gasteiger partial charge in [-0.25, -0.2) is 0 Å².